The number of halogens is 1. The van der Waals surface area contributed by atoms with Crippen LogP contribution >= 0.6 is 23.8 Å². The quantitative estimate of drug-likeness (QED) is 0.295. The van der Waals surface area contributed by atoms with Gasteiger partial charge in [-0.1, -0.05) is 17.7 Å². The summed E-state index contributed by atoms with van der Waals surface area (Å²) < 4.78 is 12.2. The van der Waals surface area contributed by atoms with E-state index < -0.39 is 0 Å². The van der Waals surface area contributed by atoms with Gasteiger partial charge in [0.05, 0.1) is 17.8 Å². The molecule has 1 saturated heterocycles. The molecule has 0 radical (unpaired) electrons. The van der Waals surface area contributed by atoms with Crippen molar-refractivity contribution in [1.82, 2.24) is 10.3 Å². The summed E-state index contributed by atoms with van der Waals surface area (Å²) in [7, 11) is 0. The first-order valence-electron chi connectivity index (χ1n) is 11.1. The lowest BCUT2D eigenvalue weighted by atomic mass is 10.0. The Morgan fingerprint density at radius 3 is 2.44 bits per heavy atom. The molecule has 0 spiro atoms. The Kier molecular flexibility index (Phi) is 6.26. The summed E-state index contributed by atoms with van der Waals surface area (Å²) in [4.78, 5) is 6.68. The molecule has 1 fully saturated rings. The standard InChI is InChI=1S/C27H24ClN3O2S/c1-17(2)32-21-12-10-20(11-13-21)31-26(25(30-27(31)34)22-5-3-4-16-29-22)24-15-14-23(33-24)18-6-8-19(28)9-7-18/h3-17,25-26H,1-2H3,(H,30,34)/t25-,26+/m1/s1. The number of anilines is 1. The van der Waals surface area contributed by atoms with Gasteiger partial charge in [-0.05, 0) is 98.9 Å². The maximum absolute atomic E-state index is 6.38. The SMILES string of the molecule is CC(C)Oc1ccc(N2C(=S)N[C@H](c3ccccn3)[C@@H]2c2ccc(-c3ccc(Cl)cc3)o2)cc1. The molecule has 3 heterocycles. The molecule has 0 bridgehead atoms. The van der Waals surface area contributed by atoms with Crippen LogP contribution in [0.2, 0.25) is 5.02 Å². The second-order valence-corrected chi connectivity index (χ2v) is 9.19. The molecule has 0 aliphatic carbocycles. The summed E-state index contributed by atoms with van der Waals surface area (Å²) in [5.41, 5.74) is 2.79. The Balaban J connectivity index is 1.54. The van der Waals surface area contributed by atoms with Crippen molar-refractivity contribution < 1.29 is 9.15 Å². The van der Waals surface area contributed by atoms with Gasteiger partial charge in [0.25, 0.3) is 0 Å². The summed E-state index contributed by atoms with van der Waals surface area (Å²) in [6.45, 7) is 4.02. The van der Waals surface area contributed by atoms with Gasteiger partial charge in [-0.3, -0.25) is 4.98 Å². The van der Waals surface area contributed by atoms with Crippen LogP contribution in [0, 0.1) is 0 Å². The van der Waals surface area contributed by atoms with Crippen molar-refractivity contribution in [2.75, 3.05) is 4.90 Å². The van der Waals surface area contributed by atoms with Crippen LogP contribution in [0.5, 0.6) is 5.75 Å². The summed E-state index contributed by atoms with van der Waals surface area (Å²) in [5.74, 6) is 2.37. The van der Waals surface area contributed by atoms with E-state index in [1.54, 1.807) is 6.20 Å². The third-order valence-electron chi connectivity index (χ3n) is 5.63. The predicted octanol–water partition coefficient (Wildman–Crippen LogP) is 6.96. The zero-order valence-corrected chi connectivity index (χ0v) is 20.4. The monoisotopic (exact) mass is 489 g/mol. The third-order valence-corrected chi connectivity index (χ3v) is 6.20. The molecule has 1 aliphatic rings. The first kappa shape index (κ1) is 22.4. The lowest BCUT2D eigenvalue weighted by Crippen LogP contribution is -2.29. The van der Waals surface area contributed by atoms with Gasteiger partial charge in [0.15, 0.2) is 5.11 Å². The zero-order chi connectivity index (χ0) is 23.7. The Hall–Kier alpha value is -3.35. The molecule has 5 nitrogen and oxygen atoms in total. The first-order chi connectivity index (χ1) is 16.5. The fourth-order valence-corrected chi connectivity index (χ4v) is 4.63. The van der Waals surface area contributed by atoms with E-state index in [4.69, 9.17) is 33.0 Å². The second kappa shape index (κ2) is 9.49. The summed E-state index contributed by atoms with van der Waals surface area (Å²) in [6.07, 6.45) is 1.90. The lowest BCUT2D eigenvalue weighted by molar-refractivity contribution is 0.242. The van der Waals surface area contributed by atoms with Crippen molar-refractivity contribution in [3.63, 3.8) is 0 Å². The van der Waals surface area contributed by atoms with Crippen LogP contribution in [0.4, 0.5) is 5.69 Å². The average Bonchev–Trinajstić information content (AvgIpc) is 3.45. The average molecular weight is 490 g/mol. The second-order valence-electron chi connectivity index (χ2n) is 8.37. The van der Waals surface area contributed by atoms with Gasteiger partial charge in [0.2, 0.25) is 0 Å². The minimum Gasteiger partial charge on any atom is -0.491 e. The minimum atomic E-state index is -0.222. The number of aromatic nitrogens is 1. The first-order valence-corrected chi connectivity index (χ1v) is 11.9. The van der Waals surface area contributed by atoms with E-state index >= 15 is 0 Å². The number of thiocarbonyl (C=S) groups is 1. The molecule has 1 aliphatic heterocycles. The molecule has 2 aromatic heterocycles. The van der Waals surface area contributed by atoms with Crippen LogP contribution in [-0.4, -0.2) is 16.2 Å². The van der Waals surface area contributed by atoms with Crippen molar-refractivity contribution in [3.8, 4) is 17.1 Å². The molecular weight excluding hydrogens is 466 g/mol. The molecule has 5 rings (SSSR count). The van der Waals surface area contributed by atoms with E-state index in [9.17, 15) is 0 Å². The largest absolute Gasteiger partial charge is 0.491 e. The van der Waals surface area contributed by atoms with Crippen molar-refractivity contribution in [2.45, 2.75) is 32.0 Å². The highest BCUT2D eigenvalue weighted by molar-refractivity contribution is 7.80. The van der Waals surface area contributed by atoms with Crippen molar-refractivity contribution in [2.24, 2.45) is 0 Å². The Morgan fingerprint density at radius 1 is 1.00 bits per heavy atom. The predicted molar refractivity (Wildman–Crippen MR) is 139 cm³/mol. The minimum absolute atomic E-state index is 0.107. The number of pyridine rings is 1. The highest BCUT2D eigenvalue weighted by Gasteiger charge is 2.42. The molecule has 4 aromatic rings. The molecule has 7 heteroatoms. The summed E-state index contributed by atoms with van der Waals surface area (Å²) in [5, 5.41) is 4.76. The highest BCUT2D eigenvalue weighted by atomic mass is 35.5. The lowest BCUT2D eigenvalue weighted by Gasteiger charge is -2.26. The molecule has 1 N–H and O–H groups in total. The van der Waals surface area contributed by atoms with Crippen molar-refractivity contribution in [1.29, 1.82) is 0 Å². The van der Waals surface area contributed by atoms with Gasteiger partial charge in [-0.15, -0.1) is 0 Å². The Morgan fingerprint density at radius 2 is 1.76 bits per heavy atom. The maximum atomic E-state index is 6.38. The van der Waals surface area contributed by atoms with E-state index in [1.165, 1.54) is 0 Å². The number of nitrogens with zero attached hydrogens (tertiary/aromatic N) is 2. The zero-order valence-electron chi connectivity index (χ0n) is 18.8. The Bertz CT molecular complexity index is 1270. The van der Waals surface area contributed by atoms with Crippen LogP contribution < -0.4 is 15.0 Å². The molecule has 0 unspecified atom stereocenters. The van der Waals surface area contributed by atoms with Gasteiger partial charge in [-0.25, -0.2) is 0 Å². The molecular formula is C27H24ClN3O2S. The number of ether oxygens (including phenoxy) is 1. The fraction of sp³-hybridized carbons (Fsp3) is 0.185. The number of rotatable bonds is 6. The van der Waals surface area contributed by atoms with E-state index in [0.29, 0.717) is 10.1 Å². The molecule has 172 valence electrons. The molecule has 2 aromatic carbocycles. The fourth-order valence-electron chi connectivity index (χ4n) is 4.16. The van der Waals surface area contributed by atoms with E-state index in [2.05, 4.69) is 15.2 Å². The van der Waals surface area contributed by atoms with Crippen LogP contribution in [0.15, 0.2) is 89.5 Å². The Labute approximate surface area is 209 Å². The molecule has 0 amide bonds. The van der Waals surface area contributed by atoms with E-state index in [0.717, 1.165) is 34.2 Å². The van der Waals surface area contributed by atoms with Crippen molar-refractivity contribution in [3.05, 3.63) is 102 Å². The van der Waals surface area contributed by atoms with Gasteiger partial charge < -0.3 is 19.4 Å². The normalized spacial score (nSPS) is 17.8. The topological polar surface area (TPSA) is 50.5 Å². The number of furan rings is 1. The van der Waals surface area contributed by atoms with Crippen LogP contribution in [-0.2, 0) is 0 Å². The van der Waals surface area contributed by atoms with E-state index in [-0.39, 0.29) is 18.2 Å². The summed E-state index contributed by atoms with van der Waals surface area (Å²) >= 11 is 11.9. The maximum Gasteiger partial charge on any atom is 0.174 e. The molecule has 2 atom stereocenters. The van der Waals surface area contributed by atoms with Gasteiger partial charge in [0.1, 0.15) is 23.3 Å². The van der Waals surface area contributed by atoms with Crippen LogP contribution in [0.3, 0.4) is 0 Å². The number of hydrogen-bond donors (Lipinski definition) is 1. The molecule has 34 heavy (non-hydrogen) atoms. The number of nitrogens with one attached hydrogen (secondary N) is 1. The van der Waals surface area contributed by atoms with Gasteiger partial charge in [-0.2, -0.15) is 0 Å². The van der Waals surface area contributed by atoms with Gasteiger partial charge in [0, 0.05) is 22.5 Å². The van der Waals surface area contributed by atoms with Crippen LogP contribution in [0.1, 0.15) is 37.4 Å². The highest BCUT2D eigenvalue weighted by Crippen LogP contribution is 2.43. The number of hydrogen-bond acceptors (Lipinski definition) is 4. The smallest absolute Gasteiger partial charge is 0.174 e. The third kappa shape index (κ3) is 4.52. The molecule has 0 saturated carbocycles. The van der Waals surface area contributed by atoms with Crippen molar-refractivity contribution >= 4 is 34.6 Å². The number of benzene rings is 2. The van der Waals surface area contributed by atoms with E-state index in [1.807, 2.05) is 92.7 Å². The summed E-state index contributed by atoms with van der Waals surface area (Å²) in [6, 6.07) is 25.0. The van der Waals surface area contributed by atoms with Gasteiger partial charge >= 0.3 is 0 Å². The van der Waals surface area contributed by atoms with Crippen LogP contribution in [0.25, 0.3) is 11.3 Å².